The van der Waals surface area contributed by atoms with E-state index in [1.807, 2.05) is 7.05 Å². The second-order valence-corrected chi connectivity index (χ2v) is 6.74. The molecule has 0 spiro atoms. The van der Waals surface area contributed by atoms with E-state index in [0.29, 0.717) is 12.3 Å². The molecule has 110 valence electrons. The molecular weight excluding hydrogens is 236 g/mol. The Morgan fingerprint density at radius 2 is 1.89 bits per heavy atom. The fourth-order valence-electron chi connectivity index (χ4n) is 3.88. The molecule has 2 fully saturated rings. The van der Waals surface area contributed by atoms with Crippen LogP contribution in [0, 0.1) is 11.8 Å². The first-order valence-corrected chi connectivity index (χ1v) is 8.11. The SMILES string of the molecule is CNC1(CC(=O)NCC2CCCC2C)CCCCC1. The second kappa shape index (κ2) is 6.74. The summed E-state index contributed by atoms with van der Waals surface area (Å²) in [6.45, 7) is 3.21. The maximum Gasteiger partial charge on any atom is 0.221 e. The Balaban J connectivity index is 1.76. The van der Waals surface area contributed by atoms with Gasteiger partial charge < -0.3 is 10.6 Å². The van der Waals surface area contributed by atoms with Gasteiger partial charge >= 0.3 is 0 Å². The summed E-state index contributed by atoms with van der Waals surface area (Å²) in [4.78, 5) is 12.2. The maximum absolute atomic E-state index is 12.2. The normalized spacial score (nSPS) is 30.2. The molecular formula is C16H30N2O. The van der Waals surface area contributed by atoms with Gasteiger partial charge in [0, 0.05) is 18.5 Å². The van der Waals surface area contributed by atoms with Crippen LogP contribution in [-0.4, -0.2) is 25.0 Å². The highest BCUT2D eigenvalue weighted by Gasteiger charge is 2.33. The average molecular weight is 266 g/mol. The van der Waals surface area contributed by atoms with E-state index in [4.69, 9.17) is 0 Å². The molecule has 2 aliphatic rings. The summed E-state index contributed by atoms with van der Waals surface area (Å²) >= 11 is 0. The van der Waals surface area contributed by atoms with E-state index >= 15 is 0 Å². The highest BCUT2D eigenvalue weighted by Crippen LogP contribution is 2.32. The van der Waals surface area contributed by atoms with Gasteiger partial charge in [0.05, 0.1) is 0 Å². The number of carbonyl (C=O) groups is 1. The zero-order valence-corrected chi connectivity index (χ0v) is 12.6. The van der Waals surface area contributed by atoms with E-state index < -0.39 is 0 Å². The molecule has 2 atom stereocenters. The molecule has 2 unspecified atom stereocenters. The highest BCUT2D eigenvalue weighted by atomic mass is 16.1. The lowest BCUT2D eigenvalue weighted by molar-refractivity contribution is -0.123. The molecule has 0 aromatic rings. The fourth-order valence-corrected chi connectivity index (χ4v) is 3.88. The Morgan fingerprint density at radius 3 is 2.47 bits per heavy atom. The topological polar surface area (TPSA) is 41.1 Å². The first kappa shape index (κ1) is 14.8. The minimum atomic E-state index is 0.0730. The molecule has 0 aliphatic heterocycles. The number of hydrogen-bond acceptors (Lipinski definition) is 2. The summed E-state index contributed by atoms with van der Waals surface area (Å²) in [7, 11) is 2.01. The molecule has 2 N–H and O–H groups in total. The van der Waals surface area contributed by atoms with Crippen molar-refractivity contribution in [1.82, 2.24) is 10.6 Å². The van der Waals surface area contributed by atoms with Gasteiger partial charge in [0.2, 0.25) is 5.91 Å². The molecule has 3 heteroatoms. The van der Waals surface area contributed by atoms with Gasteiger partial charge in [-0.2, -0.15) is 0 Å². The van der Waals surface area contributed by atoms with Crippen LogP contribution in [0.1, 0.15) is 64.7 Å². The van der Waals surface area contributed by atoms with E-state index in [0.717, 1.165) is 25.3 Å². The Labute approximate surface area is 117 Å². The quantitative estimate of drug-likeness (QED) is 0.803. The summed E-state index contributed by atoms with van der Waals surface area (Å²) in [6, 6.07) is 0. The molecule has 0 aromatic heterocycles. The first-order chi connectivity index (χ1) is 9.15. The van der Waals surface area contributed by atoms with Crippen LogP contribution in [-0.2, 0) is 4.79 Å². The van der Waals surface area contributed by atoms with Gasteiger partial charge in [0.25, 0.3) is 0 Å². The van der Waals surface area contributed by atoms with E-state index in [9.17, 15) is 4.79 Å². The van der Waals surface area contributed by atoms with Gasteiger partial charge in [-0.05, 0) is 38.1 Å². The van der Waals surface area contributed by atoms with Gasteiger partial charge in [-0.15, -0.1) is 0 Å². The van der Waals surface area contributed by atoms with E-state index in [2.05, 4.69) is 17.6 Å². The molecule has 2 saturated carbocycles. The third-order valence-corrected chi connectivity index (χ3v) is 5.44. The number of amides is 1. The lowest BCUT2D eigenvalue weighted by Crippen LogP contribution is -2.48. The van der Waals surface area contributed by atoms with Crippen molar-refractivity contribution in [3.05, 3.63) is 0 Å². The third kappa shape index (κ3) is 3.95. The van der Waals surface area contributed by atoms with Crippen LogP contribution < -0.4 is 10.6 Å². The van der Waals surface area contributed by atoms with Crippen LogP contribution in [0.3, 0.4) is 0 Å². The molecule has 0 saturated heterocycles. The van der Waals surface area contributed by atoms with Crippen molar-refractivity contribution in [3.8, 4) is 0 Å². The Bertz CT molecular complexity index is 297. The second-order valence-electron chi connectivity index (χ2n) is 6.74. The van der Waals surface area contributed by atoms with Crippen molar-refractivity contribution in [3.63, 3.8) is 0 Å². The van der Waals surface area contributed by atoms with Crippen molar-refractivity contribution in [2.75, 3.05) is 13.6 Å². The maximum atomic E-state index is 12.2. The average Bonchev–Trinajstić information content (AvgIpc) is 2.83. The molecule has 19 heavy (non-hydrogen) atoms. The van der Waals surface area contributed by atoms with Crippen molar-refractivity contribution < 1.29 is 4.79 Å². The van der Waals surface area contributed by atoms with E-state index in [-0.39, 0.29) is 11.4 Å². The van der Waals surface area contributed by atoms with Crippen molar-refractivity contribution >= 4 is 5.91 Å². The summed E-state index contributed by atoms with van der Waals surface area (Å²) < 4.78 is 0. The smallest absolute Gasteiger partial charge is 0.221 e. The van der Waals surface area contributed by atoms with Gasteiger partial charge in [-0.25, -0.2) is 0 Å². The minimum Gasteiger partial charge on any atom is -0.356 e. The summed E-state index contributed by atoms with van der Waals surface area (Å²) in [6.07, 6.45) is 10.8. The molecule has 0 heterocycles. The summed E-state index contributed by atoms with van der Waals surface area (Å²) in [5, 5.41) is 6.61. The number of rotatable bonds is 5. The van der Waals surface area contributed by atoms with Crippen molar-refractivity contribution in [2.45, 2.75) is 70.3 Å². The van der Waals surface area contributed by atoms with Gasteiger partial charge in [-0.3, -0.25) is 4.79 Å². The zero-order chi connectivity index (χ0) is 13.7. The summed E-state index contributed by atoms with van der Waals surface area (Å²) in [5.74, 6) is 1.74. The van der Waals surface area contributed by atoms with Crippen LogP contribution in [0.5, 0.6) is 0 Å². The van der Waals surface area contributed by atoms with E-state index in [1.54, 1.807) is 0 Å². The Hall–Kier alpha value is -0.570. The van der Waals surface area contributed by atoms with Crippen LogP contribution in [0.2, 0.25) is 0 Å². The standard InChI is InChI=1S/C16H30N2O/c1-13-7-6-8-14(13)12-18-15(19)11-16(17-2)9-4-3-5-10-16/h13-14,17H,3-12H2,1-2H3,(H,18,19). The summed E-state index contributed by atoms with van der Waals surface area (Å²) in [5.41, 5.74) is 0.0730. The monoisotopic (exact) mass is 266 g/mol. The van der Waals surface area contributed by atoms with Gasteiger partial charge in [0.1, 0.15) is 0 Å². The molecule has 0 bridgehead atoms. The largest absolute Gasteiger partial charge is 0.356 e. The fraction of sp³-hybridized carbons (Fsp3) is 0.938. The minimum absolute atomic E-state index is 0.0730. The molecule has 3 nitrogen and oxygen atoms in total. The van der Waals surface area contributed by atoms with E-state index in [1.165, 1.54) is 38.5 Å². The van der Waals surface area contributed by atoms with Gasteiger partial charge in [0.15, 0.2) is 0 Å². The molecule has 1 amide bonds. The number of carbonyl (C=O) groups excluding carboxylic acids is 1. The van der Waals surface area contributed by atoms with Crippen LogP contribution in [0.25, 0.3) is 0 Å². The molecule has 0 radical (unpaired) electrons. The third-order valence-electron chi connectivity index (χ3n) is 5.44. The Morgan fingerprint density at radius 1 is 1.16 bits per heavy atom. The zero-order valence-electron chi connectivity index (χ0n) is 12.6. The molecule has 0 aromatic carbocycles. The van der Waals surface area contributed by atoms with Crippen LogP contribution in [0.15, 0.2) is 0 Å². The molecule has 2 rings (SSSR count). The number of nitrogens with one attached hydrogen (secondary N) is 2. The lowest BCUT2D eigenvalue weighted by Gasteiger charge is -2.36. The lowest BCUT2D eigenvalue weighted by atomic mass is 9.79. The van der Waals surface area contributed by atoms with Crippen molar-refractivity contribution in [2.24, 2.45) is 11.8 Å². The van der Waals surface area contributed by atoms with Crippen LogP contribution >= 0.6 is 0 Å². The van der Waals surface area contributed by atoms with Crippen LogP contribution in [0.4, 0.5) is 0 Å². The first-order valence-electron chi connectivity index (χ1n) is 8.11. The predicted molar refractivity (Wildman–Crippen MR) is 79.0 cm³/mol. The van der Waals surface area contributed by atoms with Crippen molar-refractivity contribution in [1.29, 1.82) is 0 Å². The predicted octanol–water partition coefficient (Wildman–Crippen LogP) is 2.85. The molecule has 2 aliphatic carbocycles. The Kier molecular flexibility index (Phi) is 5.26. The van der Waals surface area contributed by atoms with Gasteiger partial charge in [-0.1, -0.05) is 39.0 Å². The number of hydrogen-bond donors (Lipinski definition) is 2. The highest BCUT2D eigenvalue weighted by molar-refractivity contribution is 5.77.